The van der Waals surface area contributed by atoms with Crippen LogP contribution in [-0.4, -0.2) is 25.7 Å². The third-order valence-electron chi connectivity index (χ3n) is 2.80. The van der Waals surface area contributed by atoms with Crippen molar-refractivity contribution in [3.8, 4) is 11.1 Å². The molecule has 0 heterocycles. The largest absolute Gasteiger partial charge is 0.478 e. The highest BCUT2D eigenvalue weighted by Gasteiger charge is 2.16. The topological polar surface area (TPSA) is 71.4 Å². The fraction of sp³-hybridized carbons (Fsp3) is 0.0714. The van der Waals surface area contributed by atoms with Crippen molar-refractivity contribution in [2.45, 2.75) is 4.90 Å². The van der Waals surface area contributed by atoms with Crippen molar-refractivity contribution in [3.63, 3.8) is 0 Å². The van der Waals surface area contributed by atoms with E-state index in [1.54, 1.807) is 24.3 Å². The van der Waals surface area contributed by atoms with Gasteiger partial charge in [0.15, 0.2) is 9.84 Å². The minimum absolute atomic E-state index is 0.0207. The lowest BCUT2D eigenvalue weighted by atomic mass is 10.00. The second kappa shape index (κ2) is 5.26. The molecule has 104 valence electrons. The minimum atomic E-state index is -3.45. The highest BCUT2D eigenvalue weighted by atomic mass is 35.5. The second-order valence-electron chi connectivity index (χ2n) is 4.29. The molecule has 0 radical (unpaired) electrons. The number of rotatable bonds is 3. The van der Waals surface area contributed by atoms with Crippen molar-refractivity contribution in [2.24, 2.45) is 0 Å². The molecule has 4 nitrogen and oxygen atoms in total. The van der Waals surface area contributed by atoms with E-state index in [1.165, 1.54) is 18.2 Å². The summed E-state index contributed by atoms with van der Waals surface area (Å²) >= 11 is 5.79. The maximum absolute atomic E-state index is 11.5. The zero-order valence-corrected chi connectivity index (χ0v) is 12.1. The fourth-order valence-electron chi connectivity index (χ4n) is 1.81. The van der Waals surface area contributed by atoms with Crippen molar-refractivity contribution < 1.29 is 18.3 Å². The molecule has 0 saturated heterocycles. The number of carboxylic acids is 1. The molecule has 0 fully saturated rings. The molecule has 0 unspecified atom stereocenters. The van der Waals surface area contributed by atoms with Crippen LogP contribution in [0.2, 0.25) is 5.02 Å². The Hall–Kier alpha value is -1.85. The first-order chi connectivity index (χ1) is 9.29. The van der Waals surface area contributed by atoms with Crippen molar-refractivity contribution in [1.29, 1.82) is 0 Å². The lowest BCUT2D eigenvalue weighted by Gasteiger charge is -2.08. The van der Waals surface area contributed by atoms with Gasteiger partial charge in [0, 0.05) is 11.3 Å². The highest BCUT2D eigenvalue weighted by Crippen LogP contribution is 2.27. The zero-order valence-electron chi connectivity index (χ0n) is 10.5. The van der Waals surface area contributed by atoms with Crippen molar-refractivity contribution >= 4 is 27.4 Å². The van der Waals surface area contributed by atoms with Gasteiger partial charge in [0.25, 0.3) is 0 Å². The molecular weight excluding hydrogens is 300 g/mol. The number of halogens is 1. The van der Waals surface area contributed by atoms with Gasteiger partial charge in [-0.15, -0.1) is 0 Å². The van der Waals surface area contributed by atoms with Gasteiger partial charge in [-0.2, -0.15) is 0 Å². The Kier molecular flexibility index (Phi) is 3.83. The maximum atomic E-state index is 11.5. The standard InChI is InChI=1S/C14H11ClO4S/c1-20(18,19)11-6-7-12(13(8-11)14(16)17)9-2-4-10(15)5-3-9/h2-8H,1H3,(H,16,17). The molecule has 0 atom stereocenters. The first-order valence-corrected chi connectivity index (χ1v) is 7.89. The summed E-state index contributed by atoms with van der Waals surface area (Å²) in [4.78, 5) is 11.3. The SMILES string of the molecule is CS(=O)(=O)c1ccc(-c2ccc(Cl)cc2)c(C(=O)O)c1. The van der Waals surface area contributed by atoms with E-state index < -0.39 is 15.8 Å². The van der Waals surface area contributed by atoms with Crippen LogP contribution in [0.5, 0.6) is 0 Å². The molecule has 1 N–H and O–H groups in total. The van der Waals surface area contributed by atoms with Gasteiger partial charge in [-0.25, -0.2) is 13.2 Å². The van der Waals surface area contributed by atoms with E-state index in [4.69, 9.17) is 11.6 Å². The van der Waals surface area contributed by atoms with Crippen LogP contribution < -0.4 is 0 Å². The summed E-state index contributed by atoms with van der Waals surface area (Å²) in [7, 11) is -3.45. The maximum Gasteiger partial charge on any atom is 0.336 e. The number of hydrogen-bond acceptors (Lipinski definition) is 3. The van der Waals surface area contributed by atoms with Crippen LogP contribution in [0.1, 0.15) is 10.4 Å². The predicted octanol–water partition coefficient (Wildman–Crippen LogP) is 3.11. The number of carbonyl (C=O) groups is 1. The van der Waals surface area contributed by atoms with Crippen LogP contribution in [-0.2, 0) is 9.84 Å². The fourth-order valence-corrected chi connectivity index (χ4v) is 2.59. The molecule has 0 aliphatic rings. The Bertz CT molecular complexity index is 764. The van der Waals surface area contributed by atoms with Gasteiger partial charge in [-0.1, -0.05) is 29.8 Å². The third-order valence-corrected chi connectivity index (χ3v) is 4.17. The van der Waals surface area contributed by atoms with Crippen molar-refractivity contribution in [2.75, 3.05) is 6.26 Å². The van der Waals surface area contributed by atoms with Crippen LogP contribution in [0, 0.1) is 0 Å². The number of benzene rings is 2. The average Bonchev–Trinajstić information content (AvgIpc) is 2.38. The molecule has 0 aromatic heterocycles. The minimum Gasteiger partial charge on any atom is -0.478 e. The summed E-state index contributed by atoms with van der Waals surface area (Å²) in [6.45, 7) is 0. The Morgan fingerprint density at radius 3 is 2.20 bits per heavy atom. The van der Waals surface area contributed by atoms with Crippen LogP contribution in [0.3, 0.4) is 0 Å². The lowest BCUT2D eigenvalue weighted by molar-refractivity contribution is 0.0697. The number of sulfone groups is 1. The van der Waals surface area contributed by atoms with Gasteiger partial charge in [-0.3, -0.25) is 0 Å². The molecule has 0 aliphatic heterocycles. The monoisotopic (exact) mass is 310 g/mol. The van der Waals surface area contributed by atoms with E-state index in [2.05, 4.69) is 0 Å². The molecule has 0 amide bonds. The summed E-state index contributed by atoms with van der Waals surface area (Å²) in [6, 6.07) is 10.7. The average molecular weight is 311 g/mol. The first-order valence-electron chi connectivity index (χ1n) is 5.62. The molecule has 0 spiro atoms. The number of hydrogen-bond donors (Lipinski definition) is 1. The second-order valence-corrected chi connectivity index (χ2v) is 6.74. The Morgan fingerprint density at radius 2 is 1.70 bits per heavy atom. The van der Waals surface area contributed by atoms with E-state index in [0.29, 0.717) is 16.1 Å². The van der Waals surface area contributed by atoms with E-state index in [9.17, 15) is 18.3 Å². The lowest BCUT2D eigenvalue weighted by Crippen LogP contribution is -2.04. The molecule has 6 heteroatoms. The predicted molar refractivity (Wildman–Crippen MR) is 77.0 cm³/mol. The summed E-state index contributed by atoms with van der Waals surface area (Å²) in [5, 5.41) is 9.79. The van der Waals surface area contributed by atoms with E-state index in [-0.39, 0.29) is 10.5 Å². The Labute approximate surface area is 121 Å². The quantitative estimate of drug-likeness (QED) is 0.945. The Morgan fingerprint density at radius 1 is 1.10 bits per heavy atom. The zero-order chi connectivity index (χ0) is 14.9. The molecule has 0 aliphatic carbocycles. The van der Waals surface area contributed by atoms with Gasteiger partial charge in [-0.05, 0) is 35.4 Å². The van der Waals surface area contributed by atoms with E-state index >= 15 is 0 Å². The molecule has 2 aromatic carbocycles. The van der Waals surface area contributed by atoms with Crippen LogP contribution >= 0.6 is 11.6 Å². The molecule has 20 heavy (non-hydrogen) atoms. The molecular formula is C14H11ClO4S. The first kappa shape index (κ1) is 14.6. The molecule has 2 rings (SSSR count). The molecule has 0 bridgehead atoms. The number of carboxylic acid groups (broad SMARTS) is 1. The van der Waals surface area contributed by atoms with E-state index in [1.807, 2.05) is 0 Å². The number of aromatic carboxylic acids is 1. The van der Waals surface area contributed by atoms with Gasteiger partial charge in [0.2, 0.25) is 0 Å². The third kappa shape index (κ3) is 3.00. The molecule has 0 saturated carbocycles. The van der Waals surface area contributed by atoms with Gasteiger partial charge in [0.1, 0.15) is 0 Å². The smallest absolute Gasteiger partial charge is 0.336 e. The van der Waals surface area contributed by atoms with Gasteiger partial charge >= 0.3 is 5.97 Å². The summed E-state index contributed by atoms with van der Waals surface area (Å²) < 4.78 is 23.0. The molecule has 2 aromatic rings. The Balaban J connectivity index is 2.65. The summed E-state index contributed by atoms with van der Waals surface area (Å²) in [5.74, 6) is -1.18. The summed E-state index contributed by atoms with van der Waals surface area (Å²) in [6.07, 6.45) is 1.04. The normalized spacial score (nSPS) is 11.3. The highest BCUT2D eigenvalue weighted by molar-refractivity contribution is 7.90. The van der Waals surface area contributed by atoms with Crippen molar-refractivity contribution in [3.05, 3.63) is 53.1 Å². The van der Waals surface area contributed by atoms with Crippen molar-refractivity contribution in [1.82, 2.24) is 0 Å². The van der Waals surface area contributed by atoms with Gasteiger partial charge < -0.3 is 5.11 Å². The van der Waals surface area contributed by atoms with Crippen LogP contribution in [0.4, 0.5) is 0 Å². The summed E-state index contributed by atoms with van der Waals surface area (Å²) in [5.41, 5.74) is 1.05. The van der Waals surface area contributed by atoms with Crippen LogP contribution in [0.15, 0.2) is 47.4 Å². The van der Waals surface area contributed by atoms with Crippen LogP contribution in [0.25, 0.3) is 11.1 Å². The van der Waals surface area contributed by atoms with E-state index in [0.717, 1.165) is 6.26 Å². The van der Waals surface area contributed by atoms with Gasteiger partial charge in [0.05, 0.1) is 10.5 Å².